The Morgan fingerprint density at radius 2 is 1.86 bits per heavy atom. The van der Waals surface area contributed by atoms with E-state index in [1.165, 1.54) is 10.6 Å². The molecule has 0 radical (unpaired) electrons. The van der Waals surface area contributed by atoms with E-state index in [9.17, 15) is 19.7 Å². The monoisotopic (exact) mass is 381 g/mol. The zero-order valence-corrected chi connectivity index (χ0v) is 15.7. The van der Waals surface area contributed by atoms with Gasteiger partial charge in [0.25, 0.3) is 5.91 Å². The predicted molar refractivity (Wildman–Crippen MR) is 104 cm³/mol. The molecule has 9 nitrogen and oxygen atoms in total. The Labute approximate surface area is 160 Å². The quantitative estimate of drug-likeness (QED) is 0.539. The molecule has 0 aliphatic carbocycles. The molecule has 0 aliphatic heterocycles. The highest BCUT2D eigenvalue weighted by Crippen LogP contribution is 2.22. The van der Waals surface area contributed by atoms with Crippen LogP contribution in [0.15, 0.2) is 47.4 Å². The maximum atomic E-state index is 12.4. The van der Waals surface area contributed by atoms with E-state index in [1.54, 1.807) is 62.1 Å². The molecule has 0 atom stereocenters. The zero-order valence-electron chi connectivity index (χ0n) is 15.7. The summed E-state index contributed by atoms with van der Waals surface area (Å²) in [5, 5.41) is 18.1. The second kappa shape index (κ2) is 7.47. The summed E-state index contributed by atoms with van der Waals surface area (Å²) in [6.07, 6.45) is 1.55. The van der Waals surface area contributed by atoms with Crippen LogP contribution in [0.2, 0.25) is 0 Å². The molecule has 2 heterocycles. The first-order chi connectivity index (χ1) is 13.3. The van der Waals surface area contributed by atoms with Crippen LogP contribution in [0.1, 0.15) is 27.3 Å². The molecular weight excluding hydrogens is 362 g/mol. The van der Waals surface area contributed by atoms with Gasteiger partial charge in [-0.25, -0.2) is 0 Å². The van der Waals surface area contributed by atoms with E-state index >= 15 is 0 Å². The Bertz CT molecular complexity index is 1110. The summed E-state index contributed by atoms with van der Waals surface area (Å²) < 4.78 is 2.96. The molecule has 3 aromatic rings. The first-order valence-corrected chi connectivity index (χ1v) is 8.51. The van der Waals surface area contributed by atoms with Crippen molar-refractivity contribution in [1.29, 1.82) is 0 Å². The summed E-state index contributed by atoms with van der Waals surface area (Å²) >= 11 is 0. The first kappa shape index (κ1) is 19.0. The van der Waals surface area contributed by atoms with E-state index in [4.69, 9.17) is 0 Å². The van der Waals surface area contributed by atoms with Crippen molar-refractivity contribution in [3.8, 4) is 0 Å². The molecule has 3 rings (SSSR count). The summed E-state index contributed by atoms with van der Waals surface area (Å²) in [6.45, 7) is 3.63. The molecule has 0 aliphatic rings. The maximum absolute atomic E-state index is 12.4. The Morgan fingerprint density at radius 1 is 1.18 bits per heavy atom. The molecule has 0 saturated carbocycles. The van der Waals surface area contributed by atoms with Gasteiger partial charge in [-0.3, -0.25) is 24.4 Å². The number of aryl methyl sites for hydroxylation is 2. The van der Waals surface area contributed by atoms with Crippen LogP contribution in [0.25, 0.3) is 0 Å². The van der Waals surface area contributed by atoms with Crippen LogP contribution in [0, 0.1) is 24.0 Å². The van der Waals surface area contributed by atoms with Gasteiger partial charge in [0.15, 0.2) is 0 Å². The number of pyridine rings is 1. The first-order valence-electron chi connectivity index (χ1n) is 8.51. The molecule has 0 spiro atoms. The Hall–Kier alpha value is -3.75. The number of carbonyl (C=O) groups excluding carboxylic acids is 1. The SMILES string of the molecule is Cc1nn(Cc2ccc(C(=O)Nc3ccc(=O)n(C)c3)cc2)c(C)c1[N+](=O)[O-]. The lowest BCUT2D eigenvalue weighted by molar-refractivity contribution is -0.386. The minimum Gasteiger partial charge on any atom is -0.321 e. The van der Waals surface area contributed by atoms with Crippen molar-refractivity contribution in [3.63, 3.8) is 0 Å². The maximum Gasteiger partial charge on any atom is 0.312 e. The Balaban J connectivity index is 1.74. The molecule has 144 valence electrons. The molecule has 0 bridgehead atoms. The second-order valence-corrected chi connectivity index (χ2v) is 6.45. The summed E-state index contributed by atoms with van der Waals surface area (Å²) in [5.74, 6) is -0.299. The fourth-order valence-electron chi connectivity index (χ4n) is 2.91. The second-order valence-electron chi connectivity index (χ2n) is 6.45. The molecule has 1 amide bonds. The van der Waals surface area contributed by atoms with E-state index < -0.39 is 4.92 Å². The number of hydrogen-bond acceptors (Lipinski definition) is 5. The van der Waals surface area contributed by atoms with Crippen molar-refractivity contribution in [1.82, 2.24) is 14.3 Å². The average Bonchev–Trinajstić information content (AvgIpc) is 2.92. The van der Waals surface area contributed by atoms with E-state index in [0.717, 1.165) is 5.56 Å². The topological polar surface area (TPSA) is 112 Å². The van der Waals surface area contributed by atoms with Crippen LogP contribution in [-0.4, -0.2) is 25.2 Å². The standard InChI is InChI=1S/C19H19N5O4/c1-12-18(24(27)28)13(2)23(21-12)10-14-4-6-15(7-5-14)19(26)20-16-8-9-17(25)22(3)11-16/h4-9,11H,10H2,1-3H3,(H,20,26). The van der Waals surface area contributed by atoms with Gasteiger partial charge in [-0.15, -0.1) is 0 Å². The lowest BCUT2D eigenvalue weighted by atomic mass is 10.1. The number of benzene rings is 1. The van der Waals surface area contributed by atoms with Crippen LogP contribution in [0.5, 0.6) is 0 Å². The van der Waals surface area contributed by atoms with Crippen LogP contribution >= 0.6 is 0 Å². The van der Waals surface area contributed by atoms with Crippen LogP contribution in [-0.2, 0) is 13.6 Å². The average molecular weight is 381 g/mol. The van der Waals surface area contributed by atoms with Crippen molar-refractivity contribution in [2.75, 3.05) is 5.32 Å². The van der Waals surface area contributed by atoms with E-state index in [-0.39, 0.29) is 17.2 Å². The molecule has 1 aromatic carbocycles. The van der Waals surface area contributed by atoms with Gasteiger partial charge in [-0.2, -0.15) is 5.10 Å². The fourth-order valence-corrected chi connectivity index (χ4v) is 2.91. The number of nitrogens with one attached hydrogen (secondary N) is 1. The van der Waals surface area contributed by atoms with E-state index in [1.807, 2.05) is 0 Å². The predicted octanol–water partition coefficient (Wildman–Crippen LogP) is 2.41. The van der Waals surface area contributed by atoms with Crippen molar-refractivity contribution < 1.29 is 9.72 Å². The summed E-state index contributed by atoms with van der Waals surface area (Å²) in [5.41, 5.74) is 2.55. The van der Waals surface area contributed by atoms with Crippen molar-refractivity contribution in [2.45, 2.75) is 20.4 Å². The number of amides is 1. The molecule has 9 heteroatoms. The van der Waals surface area contributed by atoms with E-state index in [0.29, 0.717) is 29.2 Å². The van der Waals surface area contributed by atoms with Crippen molar-refractivity contribution in [3.05, 3.63) is 85.6 Å². The van der Waals surface area contributed by atoms with Gasteiger partial charge in [0.05, 0.1) is 17.2 Å². The third-order valence-electron chi connectivity index (χ3n) is 4.42. The molecule has 2 aromatic heterocycles. The molecule has 1 N–H and O–H groups in total. The highest BCUT2D eigenvalue weighted by molar-refractivity contribution is 6.04. The number of rotatable bonds is 5. The largest absolute Gasteiger partial charge is 0.321 e. The summed E-state index contributed by atoms with van der Waals surface area (Å²) in [7, 11) is 1.61. The van der Waals surface area contributed by atoms with Crippen LogP contribution in [0.4, 0.5) is 11.4 Å². The third-order valence-corrected chi connectivity index (χ3v) is 4.42. The molecule has 0 unspecified atom stereocenters. The van der Waals surface area contributed by atoms with Gasteiger partial charge in [0.2, 0.25) is 5.56 Å². The van der Waals surface area contributed by atoms with Gasteiger partial charge in [0, 0.05) is 24.9 Å². The van der Waals surface area contributed by atoms with Gasteiger partial charge in [-0.05, 0) is 37.6 Å². The number of hydrogen-bond donors (Lipinski definition) is 1. The Kier molecular flexibility index (Phi) is 5.08. The van der Waals surface area contributed by atoms with Crippen LogP contribution < -0.4 is 10.9 Å². The van der Waals surface area contributed by atoms with Crippen molar-refractivity contribution >= 4 is 17.3 Å². The minimum absolute atomic E-state index is 0.0215. The lowest BCUT2D eigenvalue weighted by Crippen LogP contribution is -2.18. The smallest absolute Gasteiger partial charge is 0.312 e. The number of anilines is 1. The number of nitrogens with zero attached hydrogens (tertiary/aromatic N) is 4. The normalized spacial score (nSPS) is 10.7. The Morgan fingerprint density at radius 3 is 2.43 bits per heavy atom. The summed E-state index contributed by atoms with van der Waals surface area (Å²) in [6, 6.07) is 9.83. The number of nitro groups is 1. The van der Waals surface area contributed by atoms with Gasteiger partial charge < -0.3 is 9.88 Å². The van der Waals surface area contributed by atoms with Gasteiger partial charge in [0.1, 0.15) is 11.4 Å². The highest BCUT2D eigenvalue weighted by atomic mass is 16.6. The molecule has 0 fully saturated rings. The fraction of sp³-hybridized carbons (Fsp3) is 0.211. The van der Waals surface area contributed by atoms with Gasteiger partial charge in [-0.1, -0.05) is 12.1 Å². The van der Waals surface area contributed by atoms with Crippen LogP contribution in [0.3, 0.4) is 0 Å². The molecule has 28 heavy (non-hydrogen) atoms. The zero-order chi connectivity index (χ0) is 20.4. The number of carbonyl (C=O) groups is 1. The van der Waals surface area contributed by atoms with E-state index in [2.05, 4.69) is 10.4 Å². The van der Waals surface area contributed by atoms with Crippen molar-refractivity contribution in [2.24, 2.45) is 7.05 Å². The number of aromatic nitrogens is 3. The highest BCUT2D eigenvalue weighted by Gasteiger charge is 2.21. The lowest BCUT2D eigenvalue weighted by Gasteiger charge is -2.08. The third kappa shape index (κ3) is 3.83. The minimum atomic E-state index is -0.430. The molecule has 0 saturated heterocycles. The van der Waals surface area contributed by atoms with Gasteiger partial charge >= 0.3 is 5.69 Å². The molecular formula is C19H19N5O4. The summed E-state index contributed by atoms with van der Waals surface area (Å²) in [4.78, 5) is 34.4.